The molecular formula is C19H25N3S. The molecule has 0 spiro atoms. The molecule has 3 rings (SSSR count). The minimum Gasteiger partial charge on any atom is -0.257 e. The van der Waals surface area contributed by atoms with Crippen LogP contribution in [0.5, 0.6) is 0 Å². The Kier molecular flexibility index (Phi) is 5.81. The zero-order valence-corrected chi connectivity index (χ0v) is 14.6. The molecule has 23 heavy (non-hydrogen) atoms. The summed E-state index contributed by atoms with van der Waals surface area (Å²) < 4.78 is 2.00. The van der Waals surface area contributed by atoms with Crippen molar-refractivity contribution in [1.29, 1.82) is 0 Å². The van der Waals surface area contributed by atoms with Gasteiger partial charge in [0.05, 0.1) is 5.69 Å². The van der Waals surface area contributed by atoms with Gasteiger partial charge in [-0.05, 0) is 37.7 Å². The fourth-order valence-electron chi connectivity index (χ4n) is 3.00. The summed E-state index contributed by atoms with van der Waals surface area (Å²) in [4.78, 5) is 5.76. The molecule has 1 heterocycles. The summed E-state index contributed by atoms with van der Waals surface area (Å²) >= 11 is 1.68. The summed E-state index contributed by atoms with van der Waals surface area (Å²) in [6.45, 7) is 2.91. The van der Waals surface area contributed by atoms with Crippen LogP contribution in [0.3, 0.4) is 0 Å². The predicted molar refractivity (Wildman–Crippen MR) is 98.1 cm³/mol. The van der Waals surface area contributed by atoms with Gasteiger partial charge in [0.1, 0.15) is 0 Å². The Morgan fingerprint density at radius 1 is 1.17 bits per heavy atom. The van der Waals surface area contributed by atoms with Crippen LogP contribution in [-0.4, -0.2) is 17.4 Å². The Balaban J connectivity index is 1.67. The van der Waals surface area contributed by atoms with E-state index in [1.54, 1.807) is 11.3 Å². The van der Waals surface area contributed by atoms with Gasteiger partial charge < -0.3 is 0 Å². The normalized spacial score (nSPS) is 17.2. The lowest BCUT2D eigenvalue weighted by atomic mass is 9.90. The maximum atomic E-state index is 4.75. The van der Waals surface area contributed by atoms with Crippen LogP contribution < -0.4 is 4.80 Å². The quantitative estimate of drug-likeness (QED) is 0.728. The van der Waals surface area contributed by atoms with Gasteiger partial charge in [-0.2, -0.15) is 5.10 Å². The fourth-order valence-corrected chi connectivity index (χ4v) is 3.84. The number of thiazole rings is 1. The van der Waals surface area contributed by atoms with Crippen LogP contribution in [0.25, 0.3) is 0 Å². The van der Waals surface area contributed by atoms with Crippen molar-refractivity contribution >= 4 is 17.6 Å². The minimum atomic E-state index is 0.646. The monoisotopic (exact) mass is 327 g/mol. The lowest BCUT2D eigenvalue weighted by molar-refractivity contribution is 0.443. The first kappa shape index (κ1) is 16.2. The van der Waals surface area contributed by atoms with Gasteiger partial charge in [-0.3, -0.25) is 4.99 Å². The van der Waals surface area contributed by atoms with Gasteiger partial charge in [0, 0.05) is 18.1 Å². The first-order chi connectivity index (χ1) is 11.3. The molecule has 122 valence electrons. The van der Waals surface area contributed by atoms with E-state index in [2.05, 4.69) is 48.9 Å². The zero-order chi connectivity index (χ0) is 15.9. The molecule has 1 aromatic carbocycles. The van der Waals surface area contributed by atoms with Crippen LogP contribution in [0.4, 0.5) is 0 Å². The van der Waals surface area contributed by atoms with Crippen molar-refractivity contribution in [3.05, 3.63) is 51.8 Å². The highest BCUT2D eigenvalue weighted by Crippen LogP contribution is 2.21. The number of benzene rings is 1. The van der Waals surface area contributed by atoms with Crippen LogP contribution in [0.2, 0.25) is 0 Å². The van der Waals surface area contributed by atoms with Gasteiger partial charge in [0.25, 0.3) is 0 Å². The highest BCUT2D eigenvalue weighted by molar-refractivity contribution is 7.07. The third-order valence-corrected chi connectivity index (χ3v) is 5.36. The largest absolute Gasteiger partial charge is 0.257 e. The maximum Gasteiger partial charge on any atom is 0.205 e. The maximum absolute atomic E-state index is 4.75. The van der Waals surface area contributed by atoms with E-state index in [1.165, 1.54) is 43.4 Å². The third-order valence-electron chi connectivity index (χ3n) is 4.38. The van der Waals surface area contributed by atoms with E-state index in [-0.39, 0.29) is 0 Å². The van der Waals surface area contributed by atoms with Crippen LogP contribution in [-0.2, 0) is 6.42 Å². The highest BCUT2D eigenvalue weighted by Gasteiger charge is 2.11. The van der Waals surface area contributed by atoms with E-state index >= 15 is 0 Å². The fraction of sp³-hybridized carbons (Fsp3) is 0.474. The Bertz CT molecular complexity index is 691. The Labute approximate surface area is 142 Å². The highest BCUT2D eigenvalue weighted by atomic mass is 32.1. The molecule has 0 amide bonds. The average molecular weight is 327 g/mol. The van der Waals surface area contributed by atoms with E-state index in [9.17, 15) is 0 Å². The molecule has 0 aliphatic heterocycles. The van der Waals surface area contributed by atoms with Crippen LogP contribution in [0.15, 0.2) is 45.8 Å². The van der Waals surface area contributed by atoms with Crippen LogP contribution in [0.1, 0.15) is 43.4 Å². The minimum absolute atomic E-state index is 0.646. The summed E-state index contributed by atoms with van der Waals surface area (Å²) in [5.41, 5.74) is 2.50. The van der Waals surface area contributed by atoms with E-state index in [1.807, 2.05) is 4.68 Å². The Hall–Kier alpha value is -1.68. The van der Waals surface area contributed by atoms with Crippen molar-refractivity contribution < 1.29 is 0 Å². The van der Waals surface area contributed by atoms with E-state index in [4.69, 9.17) is 10.1 Å². The molecule has 0 radical (unpaired) electrons. The number of hydrogen-bond acceptors (Lipinski definition) is 3. The average Bonchev–Trinajstić information content (AvgIpc) is 2.95. The zero-order valence-electron chi connectivity index (χ0n) is 13.8. The van der Waals surface area contributed by atoms with Crippen molar-refractivity contribution in [1.82, 2.24) is 4.68 Å². The van der Waals surface area contributed by atoms with Gasteiger partial charge in [0.2, 0.25) is 4.80 Å². The van der Waals surface area contributed by atoms with E-state index in [0.717, 1.165) is 17.8 Å². The summed E-state index contributed by atoms with van der Waals surface area (Å²) in [5.74, 6) is 0.646. The van der Waals surface area contributed by atoms with Crippen LogP contribution >= 0.6 is 11.3 Å². The Morgan fingerprint density at radius 2 is 1.96 bits per heavy atom. The van der Waals surface area contributed by atoms with Gasteiger partial charge in [-0.15, -0.1) is 11.3 Å². The molecular weight excluding hydrogens is 302 g/mol. The van der Waals surface area contributed by atoms with Crippen molar-refractivity contribution in [2.24, 2.45) is 16.0 Å². The second-order valence-corrected chi connectivity index (χ2v) is 7.09. The molecule has 0 N–H and O–H groups in total. The van der Waals surface area contributed by atoms with Crippen molar-refractivity contribution in [3.8, 4) is 0 Å². The van der Waals surface area contributed by atoms with E-state index < -0.39 is 0 Å². The molecule has 1 aliphatic carbocycles. The van der Waals surface area contributed by atoms with Crippen molar-refractivity contribution in [2.75, 3.05) is 6.54 Å². The van der Waals surface area contributed by atoms with Gasteiger partial charge in [-0.25, -0.2) is 4.68 Å². The Morgan fingerprint density at radius 3 is 2.74 bits per heavy atom. The molecule has 1 fully saturated rings. The summed E-state index contributed by atoms with van der Waals surface area (Å²) in [7, 11) is 0. The molecule has 1 aliphatic rings. The second-order valence-electron chi connectivity index (χ2n) is 6.25. The van der Waals surface area contributed by atoms with Gasteiger partial charge in [0.15, 0.2) is 0 Å². The SMILES string of the molecule is Cc1csc(=NCCc2ccccc2)n1N=CC1CCCCC1. The number of hydrogen-bond donors (Lipinski definition) is 0. The number of aryl methyl sites for hydroxylation is 1. The first-order valence-electron chi connectivity index (χ1n) is 8.59. The summed E-state index contributed by atoms with van der Waals surface area (Å²) in [5, 5.41) is 6.86. The molecule has 1 saturated carbocycles. The molecule has 0 saturated heterocycles. The third kappa shape index (κ3) is 4.64. The molecule has 1 aromatic heterocycles. The molecule has 0 bridgehead atoms. The van der Waals surface area contributed by atoms with Crippen molar-refractivity contribution in [3.63, 3.8) is 0 Å². The summed E-state index contributed by atoms with van der Waals surface area (Å²) in [6, 6.07) is 10.5. The molecule has 2 aromatic rings. The summed E-state index contributed by atoms with van der Waals surface area (Å²) in [6.07, 6.45) is 9.77. The van der Waals surface area contributed by atoms with E-state index in [0.29, 0.717) is 5.92 Å². The second kappa shape index (κ2) is 8.25. The number of rotatable bonds is 5. The molecule has 0 atom stereocenters. The van der Waals surface area contributed by atoms with Crippen molar-refractivity contribution in [2.45, 2.75) is 45.4 Å². The standard InChI is InChI=1S/C19H25N3S/c1-16-15-23-19(20-13-12-17-8-4-2-5-9-17)22(16)21-14-18-10-6-3-7-11-18/h2,4-5,8-9,14-15,18H,3,6-7,10-13H2,1H3. The lowest BCUT2D eigenvalue weighted by Gasteiger charge is -2.16. The smallest absolute Gasteiger partial charge is 0.205 e. The van der Waals surface area contributed by atoms with Gasteiger partial charge in [-0.1, -0.05) is 49.6 Å². The van der Waals surface area contributed by atoms with Crippen LogP contribution in [0, 0.1) is 12.8 Å². The molecule has 3 nitrogen and oxygen atoms in total. The lowest BCUT2D eigenvalue weighted by Crippen LogP contribution is -2.15. The molecule has 4 heteroatoms. The number of nitrogens with zero attached hydrogens (tertiary/aromatic N) is 3. The van der Waals surface area contributed by atoms with Gasteiger partial charge >= 0.3 is 0 Å². The predicted octanol–water partition coefficient (Wildman–Crippen LogP) is 4.42. The first-order valence-corrected chi connectivity index (χ1v) is 9.47. The number of aromatic nitrogens is 1. The molecule has 0 unspecified atom stereocenters. The topological polar surface area (TPSA) is 29.6 Å².